The monoisotopic (exact) mass is 227 g/mol. The van der Waals surface area contributed by atoms with Gasteiger partial charge in [0, 0.05) is 5.56 Å². The maximum atomic E-state index is 11.7. The molecule has 0 saturated heterocycles. The molecule has 0 heterocycles. The summed E-state index contributed by atoms with van der Waals surface area (Å²) in [5, 5.41) is 0.413. The minimum atomic E-state index is -0.560. The van der Waals surface area contributed by atoms with Crippen molar-refractivity contribution in [2.75, 3.05) is 7.11 Å². The molecular formula is C11H14ClNO2. The molecule has 0 spiro atoms. The van der Waals surface area contributed by atoms with Gasteiger partial charge in [0.15, 0.2) is 5.78 Å². The Hall–Kier alpha value is -1.06. The van der Waals surface area contributed by atoms with Crippen LogP contribution in [0, 0.1) is 6.92 Å². The zero-order chi connectivity index (χ0) is 11.6. The minimum absolute atomic E-state index is 0.182. The molecule has 0 aliphatic carbocycles. The molecule has 0 aromatic heterocycles. The first-order valence-corrected chi connectivity index (χ1v) is 4.99. The van der Waals surface area contributed by atoms with Crippen molar-refractivity contribution in [2.45, 2.75) is 19.9 Å². The molecule has 1 unspecified atom stereocenters. The second-order valence-electron chi connectivity index (χ2n) is 3.45. The summed E-state index contributed by atoms with van der Waals surface area (Å²) in [6.45, 7) is 3.50. The van der Waals surface area contributed by atoms with E-state index < -0.39 is 6.04 Å². The molecule has 1 atom stereocenters. The topological polar surface area (TPSA) is 52.3 Å². The molecule has 0 amide bonds. The van der Waals surface area contributed by atoms with Crippen molar-refractivity contribution in [3.63, 3.8) is 0 Å². The molecule has 3 nitrogen and oxygen atoms in total. The van der Waals surface area contributed by atoms with Crippen molar-refractivity contribution in [3.8, 4) is 5.75 Å². The first kappa shape index (κ1) is 12.0. The first-order chi connectivity index (χ1) is 6.97. The van der Waals surface area contributed by atoms with Gasteiger partial charge in [-0.3, -0.25) is 4.79 Å². The lowest BCUT2D eigenvalue weighted by atomic mass is 10.0. The second-order valence-corrected chi connectivity index (χ2v) is 3.86. The fourth-order valence-electron chi connectivity index (χ4n) is 1.31. The fraction of sp³-hybridized carbons (Fsp3) is 0.364. The van der Waals surface area contributed by atoms with E-state index in [2.05, 4.69) is 0 Å². The number of ketones is 1. The minimum Gasteiger partial charge on any atom is -0.496 e. The van der Waals surface area contributed by atoms with Crippen LogP contribution in [0.1, 0.15) is 22.8 Å². The van der Waals surface area contributed by atoms with Crippen LogP contribution in [0.15, 0.2) is 12.1 Å². The Morgan fingerprint density at radius 2 is 2.13 bits per heavy atom. The van der Waals surface area contributed by atoms with Gasteiger partial charge >= 0.3 is 0 Å². The van der Waals surface area contributed by atoms with Gasteiger partial charge in [-0.25, -0.2) is 0 Å². The molecule has 82 valence electrons. The number of Topliss-reactive ketones (excluding diaryl/α,β-unsaturated/α-hetero) is 1. The maximum Gasteiger partial charge on any atom is 0.180 e. The summed E-state index contributed by atoms with van der Waals surface area (Å²) in [6.07, 6.45) is 0. The summed E-state index contributed by atoms with van der Waals surface area (Å²) >= 11 is 5.97. The number of halogens is 1. The molecule has 0 aliphatic rings. The number of ether oxygens (including phenoxy) is 1. The van der Waals surface area contributed by atoms with Gasteiger partial charge in [0.25, 0.3) is 0 Å². The Labute approximate surface area is 94.2 Å². The van der Waals surface area contributed by atoms with Crippen LogP contribution < -0.4 is 10.5 Å². The molecule has 0 bridgehead atoms. The fourth-order valence-corrected chi connectivity index (χ4v) is 1.62. The Kier molecular flexibility index (Phi) is 3.72. The van der Waals surface area contributed by atoms with Crippen molar-refractivity contribution in [2.24, 2.45) is 5.73 Å². The van der Waals surface area contributed by atoms with Gasteiger partial charge in [-0.1, -0.05) is 11.6 Å². The van der Waals surface area contributed by atoms with Crippen molar-refractivity contribution in [3.05, 3.63) is 28.3 Å². The predicted molar refractivity (Wildman–Crippen MR) is 60.7 cm³/mol. The summed E-state index contributed by atoms with van der Waals surface area (Å²) in [6, 6.07) is 2.77. The van der Waals surface area contributed by atoms with Gasteiger partial charge in [0.1, 0.15) is 5.75 Å². The van der Waals surface area contributed by atoms with Crippen LogP contribution in [-0.2, 0) is 0 Å². The quantitative estimate of drug-likeness (QED) is 0.806. The third kappa shape index (κ3) is 2.49. The molecule has 1 rings (SSSR count). The number of methoxy groups -OCH3 is 1. The highest BCUT2D eigenvalue weighted by Gasteiger charge is 2.16. The zero-order valence-corrected chi connectivity index (χ0v) is 9.76. The molecule has 15 heavy (non-hydrogen) atoms. The van der Waals surface area contributed by atoms with Gasteiger partial charge in [0.05, 0.1) is 18.2 Å². The number of nitrogens with two attached hydrogens (primary N) is 1. The van der Waals surface area contributed by atoms with Crippen LogP contribution in [-0.4, -0.2) is 18.9 Å². The third-order valence-corrected chi connectivity index (χ3v) is 2.48. The van der Waals surface area contributed by atoms with E-state index in [9.17, 15) is 4.79 Å². The summed E-state index contributed by atoms with van der Waals surface area (Å²) < 4.78 is 5.12. The van der Waals surface area contributed by atoms with Crippen molar-refractivity contribution in [1.82, 2.24) is 0 Å². The van der Waals surface area contributed by atoms with E-state index in [4.69, 9.17) is 22.1 Å². The lowest BCUT2D eigenvalue weighted by Crippen LogP contribution is -2.26. The van der Waals surface area contributed by atoms with Crippen LogP contribution in [0.4, 0.5) is 0 Å². The van der Waals surface area contributed by atoms with Gasteiger partial charge in [-0.15, -0.1) is 0 Å². The van der Waals surface area contributed by atoms with Crippen molar-refractivity contribution >= 4 is 17.4 Å². The van der Waals surface area contributed by atoms with Crippen LogP contribution in [0.5, 0.6) is 5.75 Å². The Bertz CT molecular complexity index is 388. The Balaban J connectivity index is 3.24. The number of carbonyl (C=O) groups excluding carboxylic acids is 1. The summed E-state index contributed by atoms with van der Waals surface area (Å²) in [4.78, 5) is 11.7. The van der Waals surface area contributed by atoms with Gasteiger partial charge < -0.3 is 10.5 Å². The third-order valence-electron chi connectivity index (χ3n) is 2.16. The lowest BCUT2D eigenvalue weighted by molar-refractivity contribution is 0.0968. The van der Waals surface area contributed by atoms with Crippen molar-refractivity contribution < 1.29 is 9.53 Å². The van der Waals surface area contributed by atoms with E-state index in [-0.39, 0.29) is 5.78 Å². The number of carbonyl (C=O) groups is 1. The van der Waals surface area contributed by atoms with E-state index in [1.165, 1.54) is 0 Å². The second kappa shape index (κ2) is 4.64. The number of benzene rings is 1. The highest BCUT2D eigenvalue weighted by atomic mass is 35.5. The summed E-state index contributed by atoms with van der Waals surface area (Å²) in [5.74, 6) is 0.460. The average Bonchev–Trinajstić information content (AvgIpc) is 2.17. The maximum absolute atomic E-state index is 11.7. The lowest BCUT2D eigenvalue weighted by Gasteiger charge is -2.10. The van der Waals surface area contributed by atoms with Gasteiger partial charge in [0.2, 0.25) is 0 Å². The number of hydrogen-bond acceptors (Lipinski definition) is 3. The molecule has 0 fully saturated rings. The number of rotatable bonds is 3. The SMILES string of the molecule is COc1cc(C(=O)C(C)N)c(Cl)cc1C. The summed E-state index contributed by atoms with van der Waals surface area (Å²) in [5.41, 5.74) is 6.82. The largest absolute Gasteiger partial charge is 0.496 e. The van der Waals surface area contributed by atoms with E-state index in [1.54, 1.807) is 26.2 Å². The van der Waals surface area contributed by atoms with Crippen molar-refractivity contribution in [1.29, 1.82) is 0 Å². The zero-order valence-electron chi connectivity index (χ0n) is 9.00. The number of aryl methyl sites for hydroxylation is 1. The summed E-state index contributed by atoms with van der Waals surface area (Å²) in [7, 11) is 1.55. The first-order valence-electron chi connectivity index (χ1n) is 4.61. The van der Waals surface area contributed by atoms with E-state index in [1.807, 2.05) is 6.92 Å². The van der Waals surface area contributed by atoms with Crippen LogP contribution in [0.2, 0.25) is 5.02 Å². The highest BCUT2D eigenvalue weighted by molar-refractivity contribution is 6.34. The van der Waals surface area contributed by atoms with Gasteiger partial charge in [-0.2, -0.15) is 0 Å². The van der Waals surface area contributed by atoms with Crippen LogP contribution in [0.25, 0.3) is 0 Å². The Morgan fingerprint density at radius 1 is 1.53 bits per heavy atom. The standard InChI is InChI=1S/C11H14ClNO2/c1-6-4-9(12)8(5-10(6)15-3)11(14)7(2)13/h4-5,7H,13H2,1-3H3. The molecule has 1 aromatic rings. The smallest absolute Gasteiger partial charge is 0.180 e. The molecule has 0 aliphatic heterocycles. The highest BCUT2D eigenvalue weighted by Crippen LogP contribution is 2.27. The number of hydrogen-bond donors (Lipinski definition) is 1. The molecule has 0 saturated carbocycles. The molecular weight excluding hydrogens is 214 g/mol. The van der Waals surface area contributed by atoms with E-state index in [0.717, 1.165) is 5.56 Å². The van der Waals surface area contributed by atoms with Crippen LogP contribution in [0.3, 0.4) is 0 Å². The van der Waals surface area contributed by atoms with E-state index >= 15 is 0 Å². The van der Waals surface area contributed by atoms with E-state index in [0.29, 0.717) is 16.3 Å². The molecule has 4 heteroatoms. The molecule has 1 aromatic carbocycles. The van der Waals surface area contributed by atoms with Gasteiger partial charge in [-0.05, 0) is 31.5 Å². The normalized spacial score (nSPS) is 12.3. The van der Waals surface area contributed by atoms with Crippen LogP contribution >= 0.6 is 11.6 Å². The predicted octanol–water partition coefficient (Wildman–Crippen LogP) is 2.19. The molecule has 0 radical (unpaired) electrons. The average molecular weight is 228 g/mol. The Morgan fingerprint density at radius 3 is 2.60 bits per heavy atom. The molecule has 2 N–H and O–H groups in total.